The van der Waals surface area contributed by atoms with Gasteiger partial charge in [0.15, 0.2) is 0 Å². The van der Waals surface area contributed by atoms with E-state index in [0.29, 0.717) is 0 Å². The molecule has 3 nitrogen and oxygen atoms in total. The fourth-order valence-corrected chi connectivity index (χ4v) is 1.45. The summed E-state index contributed by atoms with van der Waals surface area (Å²) in [6.07, 6.45) is 0. The number of amides is 1. The first kappa shape index (κ1) is 8.10. The van der Waals surface area contributed by atoms with Crippen molar-refractivity contribution in [2.75, 3.05) is 11.9 Å². The summed E-state index contributed by atoms with van der Waals surface area (Å²) in [5.74, 6) is 0.00750. The summed E-state index contributed by atoms with van der Waals surface area (Å²) in [5, 5.41) is 6.12. The first-order chi connectivity index (χ1) is 6.27. The van der Waals surface area contributed by atoms with E-state index in [1.165, 1.54) is 0 Å². The largest absolute Gasteiger partial charge is 0.382 e. The monoisotopic (exact) mass is 176 g/mol. The summed E-state index contributed by atoms with van der Waals surface area (Å²) >= 11 is 0. The van der Waals surface area contributed by atoms with Crippen molar-refractivity contribution in [3.8, 4) is 0 Å². The lowest BCUT2D eigenvalue weighted by molar-refractivity contribution is 0.0945. The Labute approximate surface area is 77.1 Å². The number of anilines is 1. The molecule has 0 saturated carbocycles. The fraction of sp³-hybridized carbons (Fsp3) is 0.300. The number of rotatable bonds is 0. The van der Waals surface area contributed by atoms with Gasteiger partial charge in [-0.25, -0.2) is 0 Å². The summed E-state index contributed by atoms with van der Waals surface area (Å²) in [6, 6.07) is 7.73. The molecule has 0 unspecified atom stereocenters. The SMILES string of the molecule is C[C@@H]1CNc2ccccc2C(=O)N1. The molecule has 0 saturated heterocycles. The van der Waals surface area contributed by atoms with Crippen LogP contribution in [0.2, 0.25) is 0 Å². The van der Waals surface area contributed by atoms with Crippen LogP contribution >= 0.6 is 0 Å². The number of hydrogen-bond acceptors (Lipinski definition) is 2. The van der Waals surface area contributed by atoms with Crippen molar-refractivity contribution in [1.29, 1.82) is 0 Å². The average molecular weight is 176 g/mol. The van der Waals surface area contributed by atoms with E-state index in [2.05, 4.69) is 10.6 Å². The van der Waals surface area contributed by atoms with Crippen molar-refractivity contribution in [1.82, 2.24) is 5.32 Å². The number of benzene rings is 1. The van der Waals surface area contributed by atoms with Gasteiger partial charge in [-0.1, -0.05) is 12.1 Å². The predicted molar refractivity (Wildman–Crippen MR) is 51.9 cm³/mol. The molecule has 1 amide bonds. The van der Waals surface area contributed by atoms with Crippen molar-refractivity contribution >= 4 is 11.6 Å². The second kappa shape index (κ2) is 3.09. The molecule has 0 radical (unpaired) electrons. The van der Waals surface area contributed by atoms with E-state index in [1.54, 1.807) is 0 Å². The normalized spacial score (nSPS) is 21.0. The molecular weight excluding hydrogens is 164 g/mol. The maximum atomic E-state index is 11.6. The Balaban J connectivity index is 2.40. The van der Waals surface area contributed by atoms with Gasteiger partial charge >= 0.3 is 0 Å². The van der Waals surface area contributed by atoms with Crippen LogP contribution in [0.3, 0.4) is 0 Å². The molecule has 0 fully saturated rings. The Kier molecular flexibility index (Phi) is 1.93. The second-order valence-electron chi connectivity index (χ2n) is 3.30. The number of fused-ring (bicyclic) bond motifs is 1. The lowest BCUT2D eigenvalue weighted by Crippen LogP contribution is -2.34. The van der Waals surface area contributed by atoms with Gasteiger partial charge in [0.1, 0.15) is 0 Å². The van der Waals surface area contributed by atoms with E-state index in [-0.39, 0.29) is 11.9 Å². The van der Waals surface area contributed by atoms with Crippen molar-refractivity contribution in [3.63, 3.8) is 0 Å². The molecule has 1 atom stereocenters. The molecule has 0 aromatic heterocycles. The average Bonchev–Trinajstić information content (AvgIpc) is 2.27. The van der Waals surface area contributed by atoms with Crippen LogP contribution in [0, 0.1) is 0 Å². The minimum absolute atomic E-state index is 0.00750. The highest BCUT2D eigenvalue weighted by atomic mass is 16.1. The number of para-hydroxylation sites is 1. The molecule has 1 aromatic carbocycles. The summed E-state index contributed by atoms with van der Waals surface area (Å²) in [7, 11) is 0. The van der Waals surface area contributed by atoms with Crippen LogP contribution in [-0.2, 0) is 0 Å². The standard InChI is InChI=1S/C10H12N2O/c1-7-6-11-9-5-3-2-4-8(9)10(13)12-7/h2-5,7,11H,6H2,1H3,(H,12,13)/t7-/m1/s1. The van der Waals surface area contributed by atoms with Crippen molar-refractivity contribution < 1.29 is 4.79 Å². The van der Waals surface area contributed by atoms with Gasteiger partial charge in [0, 0.05) is 18.3 Å². The van der Waals surface area contributed by atoms with Crippen LogP contribution in [0.5, 0.6) is 0 Å². The molecule has 13 heavy (non-hydrogen) atoms. The Morgan fingerprint density at radius 2 is 2.15 bits per heavy atom. The first-order valence-corrected chi connectivity index (χ1v) is 4.41. The predicted octanol–water partition coefficient (Wildman–Crippen LogP) is 1.23. The zero-order valence-electron chi connectivity index (χ0n) is 7.50. The molecule has 1 aliphatic heterocycles. The van der Waals surface area contributed by atoms with Gasteiger partial charge in [-0.15, -0.1) is 0 Å². The van der Waals surface area contributed by atoms with E-state index in [1.807, 2.05) is 31.2 Å². The van der Waals surface area contributed by atoms with E-state index in [4.69, 9.17) is 0 Å². The molecule has 2 N–H and O–H groups in total. The van der Waals surface area contributed by atoms with Gasteiger partial charge in [-0.3, -0.25) is 4.79 Å². The molecule has 3 heteroatoms. The Morgan fingerprint density at radius 3 is 3.00 bits per heavy atom. The third-order valence-electron chi connectivity index (χ3n) is 2.15. The van der Waals surface area contributed by atoms with E-state index in [0.717, 1.165) is 17.8 Å². The smallest absolute Gasteiger partial charge is 0.253 e. The zero-order chi connectivity index (χ0) is 9.26. The van der Waals surface area contributed by atoms with E-state index in [9.17, 15) is 4.79 Å². The molecule has 1 aromatic rings. The molecule has 1 aliphatic rings. The maximum Gasteiger partial charge on any atom is 0.253 e. The van der Waals surface area contributed by atoms with E-state index >= 15 is 0 Å². The highest BCUT2D eigenvalue weighted by Gasteiger charge is 2.17. The number of carbonyl (C=O) groups excluding carboxylic acids is 1. The molecule has 2 rings (SSSR count). The van der Waals surface area contributed by atoms with Crippen LogP contribution in [0.25, 0.3) is 0 Å². The number of hydrogen-bond donors (Lipinski definition) is 2. The van der Waals surface area contributed by atoms with Gasteiger partial charge < -0.3 is 10.6 Å². The highest BCUT2D eigenvalue weighted by molar-refractivity contribution is 6.00. The van der Waals surface area contributed by atoms with Gasteiger partial charge in [0.05, 0.1) is 5.56 Å². The molecule has 68 valence electrons. The topological polar surface area (TPSA) is 41.1 Å². The van der Waals surface area contributed by atoms with Crippen molar-refractivity contribution in [2.24, 2.45) is 0 Å². The molecular formula is C10H12N2O. The third kappa shape index (κ3) is 1.49. The number of nitrogens with one attached hydrogen (secondary N) is 2. The van der Waals surface area contributed by atoms with Crippen molar-refractivity contribution in [3.05, 3.63) is 29.8 Å². The quantitative estimate of drug-likeness (QED) is 0.624. The van der Waals surface area contributed by atoms with Crippen molar-refractivity contribution in [2.45, 2.75) is 13.0 Å². The van der Waals surface area contributed by atoms with Crippen LogP contribution in [0.4, 0.5) is 5.69 Å². The Morgan fingerprint density at radius 1 is 1.38 bits per heavy atom. The third-order valence-corrected chi connectivity index (χ3v) is 2.15. The van der Waals surface area contributed by atoms with Gasteiger partial charge in [-0.05, 0) is 19.1 Å². The lowest BCUT2D eigenvalue weighted by Gasteiger charge is -2.08. The van der Waals surface area contributed by atoms with Crippen LogP contribution in [0.1, 0.15) is 17.3 Å². The molecule has 0 bridgehead atoms. The van der Waals surface area contributed by atoms with Crippen LogP contribution in [-0.4, -0.2) is 18.5 Å². The van der Waals surface area contributed by atoms with Gasteiger partial charge in [0.25, 0.3) is 5.91 Å². The van der Waals surface area contributed by atoms with Crippen LogP contribution < -0.4 is 10.6 Å². The van der Waals surface area contributed by atoms with Gasteiger partial charge in [0.2, 0.25) is 0 Å². The highest BCUT2D eigenvalue weighted by Crippen LogP contribution is 2.16. The Hall–Kier alpha value is -1.51. The summed E-state index contributed by atoms with van der Waals surface area (Å²) in [5.41, 5.74) is 1.65. The molecule has 0 spiro atoms. The second-order valence-corrected chi connectivity index (χ2v) is 3.30. The lowest BCUT2D eigenvalue weighted by atomic mass is 10.2. The molecule has 1 heterocycles. The van der Waals surface area contributed by atoms with E-state index < -0.39 is 0 Å². The Bertz CT molecular complexity index is 335. The van der Waals surface area contributed by atoms with Gasteiger partial charge in [-0.2, -0.15) is 0 Å². The zero-order valence-corrected chi connectivity index (χ0v) is 7.50. The maximum absolute atomic E-state index is 11.6. The van der Waals surface area contributed by atoms with Crippen LogP contribution in [0.15, 0.2) is 24.3 Å². The summed E-state index contributed by atoms with van der Waals surface area (Å²) in [4.78, 5) is 11.6. The molecule has 0 aliphatic carbocycles. The summed E-state index contributed by atoms with van der Waals surface area (Å²) < 4.78 is 0. The fourth-order valence-electron chi connectivity index (χ4n) is 1.45. The minimum Gasteiger partial charge on any atom is -0.382 e. The minimum atomic E-state index is 0.00750. The first-order valence-electron chi connectivity index (χ1n) is 4.41. The summed E-state index contributed by atoms with van der Waals surface area (Å²) in [6.45, 7) is 2.76. The number of carbonyl (C=O) groups is 1.